The van der Waals surface area contributed by atoms with E-state index in [1.807, 2.05) is 40.5 Å². The van der Waals surface area contributed by atoms with Crippen LogP contribution >= 0.6 is 11.3 Å². The molecular weight excluding hydrogens is 246 g/mol. The average Bonchev–Trinajstić information content (AvgIpc) is 3.04. The van der Waals surface area contributed by atoms with E-state index in [1.165, 1.54) is 0 Å². The van der Waals surface area contributed by atoms with E-state index in [0.29, 0.717) is 6.54 Å². The highest BCUT2D eigenvalue weighted by Crippen LogP contribution is 2.09. The first-order valence-corrected chi connectivity index (χ1v) is 6.69. The number of carbonyl (C=O) groups excluding carboxylic acids is 1. The predicted molar refractivity (Wildman–Crippen MR) is 73.2 cm³/mol. The van der Waals surface area contributed by atoms with E-state index in [2.05, 4.69) is 10.4 Å². The third-order valence-electron chi connectivity index (χ3n) is 2.36. The van der Waals surface area contributed by atoms with Crippen LogP contribution in [0.2, 0.25) is 0 Å². The number of thiophene rings is 1. The Labute approximate surface area is 110 Å². The van der Waals surface area contributed by atoms with Gasteiger partial charge in [0.05, 0.1) is 0 Å². The topological polar surface area (TPSA) is 46.9 Å². The smallest absolute Gasteiger partial charge is 0.244 e. The van der Waals surface area contributed by atoms with Crippen LogP contribution in [0, 0.1) is 0 Å². The third-order valence-corrected chi connectivity index (χ3v) is 3.20. The van der Waals surface area contributed by atoms with Gasteiger partial charge in [0.25, 0.3) is 0 Å². The third kappa shape index (κ3) is 4.18. The zero-order valence-electron chi connectivity index (χ0n) is 9.95. The van der Waals surface area contributed by atoms with Crippen LogP contribution in [0.1, 0.15) is 11.3 Å². The van der Waals surface area contributed by atoms with E-state index in [1.54, 1.807) is 23.6 Å². The standard InChI is InChI=1S/C13H15N3OS/c17-13(6-5-12-4-1-11-18-12)14-7-2-9-16-10-3-8-15-16/h1,3-6,8,10-11H,2,7,9H2,(H,14,17)/b6-5+. The Balaban J connectivity index is 1.63. The molecule has 0 fully saturated rings. The van der Waals surface area contributed by atoms with Crippen molar-refractivity contribution >= 4 is 23.3 Å². The number of aromatic nitrogens is 2. The summed E-state index contributed by atoms with van der Waals surface area (Å²) in [7, 11) is 0. The summed E-state index contributed by atoms with van der Waals surface area (Å²) in [5.74, 6) is -0.0520. The molecule has 0 radical (unpaired) electrons. The second kappa shape index (κ2) is 6.76. The summed E-state index contributed by atoms with van der Waals surface area (Å²) in [5, 5.41) is 8.93. The maximum absolute atomic E-state index is 11.5. The van der Waals surface area contributed by atoms with E-state index >= 15 is 0 Å². The van der Waals surface area contributed by atoms with Crippen molar-refractivity contribution in [1.82, 2.24) is 15.1 Å². The molecule has 94 valence electrons. The number of nitrogens with zero attached hydrogens (tertiary/aromatic N) is 2. The van der Waals surface area contributed by atoms with Gasteiger partial charge in [0.2, 0.25) is 5.91 Å². The average molecular weight is 261 g/mol. The van der Waals surface area contributed by atoms with Crippen LogP contribution in [0.3, 0.4) is 0 Å². The van der Waals surface area contributed by atoms with Crippen molar-refractivity contribution in [1.29, 1.82) is 0 Å². The molecule has 0 spiro atoms. The Morgan fingerprint density at radius 2 is 2.44 bits per heavy atom. The number of hydrogen-bond donors (Lipinski definition) is 1. The van der Waals surface area contributed by atoms with Gasteiger partial charge in [-0.1, -0.05) is 6.07 Å². The molecule has 0 unspecified atom stereocenters. The molecule has 2 aromatic heterocycles. The van der Waals surface area contributed by atoms with Crippen LogP contribution < -0.4 is 5.32 Å². The molecule has 2 heterocycles. The van der Waals surface area contributed by atoms with E-state index in [-0.39, 0.29) is 5.91 Å². The van der Waals surface area contributed by atoms with Crippen molar-refractivity contribution in [3.63, 3.8) is 0 Å². The monoisotopic (exact) mass is 261 g/mol. The zero-order chi connectivity index (χ0) is 12.6. The van der Waals surface area contributed by atoms with Crippen LogP contribution in [0.4, 0.5) is 0 Å². The van der Waals surface area contributed by atoms with Crippen LogP contribution in [-0.4, -0.2) is 22.2 Å². The fourth-order valence-corrected chi connectivity index (χ4v) is 2.11. The maximum atomic E-state index is 11.5. The van der Waals surface area contributed by atoms with Gasteiger partial charge >= 0.3 is 0 Å². The first-order chi connectivity index (χ1) is 8.84. The van der Waals surface area contributed by atoms with Gasteiger partial charge in [-0.3, -0.25) is 9.48 Å². The van der Waals surface area contributed by atoms with Gasteiger partial charge in [-0.25, -0.2) is 0 Å². The lowest BCUT2D eigenvalue weighted by atomic mass is 10.3. The Morgan fingerprint density at radius 1 is 1.50 bits per heavy atom. The van der Waals surface area contributed by atoms with Gasteiger partial charge in [-0.15, -0.1) is 11.3 Å². The quantitative estimate of drug-likeness (QED) is 0.640. The lowest BCUT2D eigenvalue weighted by molar-refractivity contribution is -0.116. The molecular formula is C13H15N3OS. The summed E-state index contributed by atoms with van der Waals surface area (Å²) >= 11 is 1.61. The first kappa shape index (κ1) is 12.6. The minimum Gasteiger partial charge on any atom is -0.352 e. The largest absolute Gasteiger partial charge is 0.352 e. The highest BCUT2D eigenvalue weighted by atomic mass is 32.1. The summed E-state index contributed by atoms with van der Waals surface area (Å²) in [4.78, 5) is 12.6. The minimum atomic E-state index is -0.0520. The van der Waals surface area contributed by atoms with Gasteiger partial charge in [-0.05, 0) is 30.0 Å². The van der Waals surface area contributed by atoms with Crippen molar-refractivity contribution in [2.75, 3.05) is 6.54 Å². The van der Waals surface area contributed by atoms with Gasteiger partial charge in [0.1, 0.15) is 0 Å². The highest BCUT2D eigenvalue weighted by Gasteiger charge is 1.96. The summed E-state index contributed by atoms with van der Waals surface area (Å²) in [6.07, 6.45) is 7.94. The molecule has 2 rings (SSSR count). The molecule has 0 aliphatic carbocycles. The fourth-order valence-electron chi connectivity index (χ4n) is 1.49. The van der Waals surface area contributed by atoms with Gasteiger partial charge in [0.15, 0.2) is 0 Å². The van der Waals surface area contributed by atoms with Crippen LogP contribution in [0.25, 0.3) is 6.08 Å². The zero-order valence-corrected chi connectivity index (χ0v) is 10.8. The fraction of sp³-hybridized carbons (Fsp3) is 0.231. The lowest BCUT2D eigenvalue weighted by Crippen LogP contribution is -2.23. The minimum absolute atomic E-state index is 0.0520. The second-order valence-corrected chi connectivity index (χ2v) is 4.74. The van der Waals surface area contributed by atoms with Crippen LogP contribution in [0.15, 0.2) is 42.0 Å². The molecule has 0 atom stereocenters. The molecule has 5 heteroatoms. The number of hydrogen-bond acceptors (Lipinski definition) is 3. The van der Waals surface area contributed by atoms with Gasteiger partial charge in [-0.2, -0.15) is 5.10 Å². The lowest BCUT2D eigenvalue weighted by Gasteiger charge is -2.02. The van der Waals surface area contributed by atoms with Gasteiger partial charge < -0.3 is 5.32 Å². The predicted octanol–water partition coefficient (Wildman–Crippen LogP) is 2.16. The molecule has 1 amide bonds. The van der Waals surface area contributed by atoms with Crippen LogP contribution in [-0.2, 0) is 11.3 Å². The molecule has 0 saturated carbocycles. The summed E-state index contributed by atoms with van der Waals surface area (Å²) < 4.78 is 1.85. The highest BCUT2D eigenvalue weighted by molar-refractivity contribution is 7.10. The van der Waals surface area contributed by atoms with E-state index in [9.17, 15) is 4.79 Å². The number of nitrogens with one attached hydrogen (secondary N) is 1. The Bertz CT molecular complexity index is 488. The molecule has 18 heavy (non-hydrogen) atoms. The van der Waals surface area contributed by atoms with Crippen molar-refractivity contribution < 1.29 is 4.79 Å². The maximum Gasteiger partial charge on any atom is 0.244 e. The molecule has 0 bridgehead atoms. The van der Waals surface area contributed by atoms with Crippen molar-refractivity contribution in [2.24, 2.45) is 0 Å². The first-order valence-electron chi connectivity index (χ1n) is 5.81. The number of carbonyl (C=O) groups is 1. The molecule has 0 aliphatic heterocycles. The summed E-state index contributed by atoms with van der Waals surface area (Å²) in [5.41, 5.74) is 0. The van der Waals surface area contributed by atoms with Gasteiger partial charge in [0, 0.05) is 36.4 Å². The molecule has 0 aliphatic rings. The van der Waals surface area contributed by atoms with Crippen molar-refractivity contribution in [3.05, 3.63) is 46.9 Å². The number of amides is 1. The Hall–Kier alpha value is -1.88. The number of rotatable bonds is 6. The second-order valence-electron chi connectivity index (χ2n) is 3.76. The number of aryl methyl sites for hydroxylation is 1. The van der Waals surface area contributed by atoms with Crippen molar-refractivity contribution in [3.8, 4) is 0 Å². The molecule has 0 saturated heterocycles. The Kier molecular flexibility index (Phi) is 4.72. The molecule has 2 aromatic rings. The molecule has 4 nitrogen and oxygen atoms in total. The van der Waals surface area contributed by atoms with E-state index < -0.39 is 0 Å². The van der Waals surface area contributed by atoms with E-state index in [4.69, 9.17) is 0 Å². The van der Waals surface area contributed by atoms with E-state index in [0.717, 1.165) is 17.8 Å². The van der Waals surface area contributed by atoms with Crippen LogP contribution in [0.5, 0.6) is 0 Å². The summed E-state index contributed by atoms with van der Waals surface area (Å²) in [6, 6.07) is 5.83. The van der Waals surface area contributed by atoms with Crippen molar-refractivity contribution in [2.45, 2.75) is 13.0 Å². The molecule has 0 aromatic carbocycles. The molecule has 1 N–H and O–H groups in total. The SMILES string of the molecule is O=C(/C=C/c1cccs1)NCCCn1cccn1. The summed E-state index contributed by atoms with van der Waals surface area (Å²) in [6.45, 7) is 1.48. The normalized spacial score (nSPS) is 10.9. The Morgan fingerprint density at radius 3 is 3.17 bits per heavy atom.